The Kier molecular flexibility index (Phi) is 7.11. The number of hydrogen-bond acceptors (Lipinski definition) is 6. The molecule has 2 saturated heterocycles. The fourth-order valence-corrected chi connectivity index (χ4v) is 6.40. The van der Waals surface area contributed by atoms with E-state index < -0.39 is 0 Å². The van der Waals surface area contributed by atoms with Crippen molar-refractivity contribution in [3.05, 3.63) is 46.5 Å². The summed E-state index contributed by atoms with van der Waals surface area (Å²) < 4.78 is 11.4. The van der Waals surface area contributed by atoms with Gasteiger partial charge in [0.25, 0.3) is 11.8 Å². The molecule has 0 unspecified atom stereocenters. The summed E-state index contributed by atoms with van der Waals surface area (Å²) in [5.41, 5.74) is 4.92. The summed E-state index contributed by atoms with van der Waals surface area (Å²) >= 11 is 0. The number of carbonyl (C=O) groups excluding carboxylic acids is 2. The Hall–Kier alpha value is -3.68. The van der Waals surface area contributed by atoms with Crippen molar-refractivity contribution in [3.63, 3.8) is 0 Å². The molecule has 8 heteroatoms. The highest BCUT2D eigenvalue weighted by molar-refractivity contribution is 6.04. The van der Waals surface area contributed by atoms with Gasteiger partial charge in [0.05, 0.1) is 48.8 Å². The van der Waals surface area contributed by atoms with E-state index in [0.717, 1.165) is 105 Å². The number of nitrogens with zero attached hydrogens (tertiary/aromatic N) is 4. The van der Waals surface area contributed by atoms with Gasteiger partial charge in [0, 0.05) is 25.5 Å². The molecule has 2 fully saturated rings. The topological polar surface area (TPSA) is 83.8 Å². The van der Waals surface area contributed by atoms with Crippen LogP contribution in [0.5, 0.6) is 11.5 Å². The van der Waals surface area contributed by atoms with Crippen molar-refractivity contribution >= 4 is 35.6 Å². The molecule has 4 heterocycles. The fraction of sp³-hybridized carbons (Fsp3) is 0.484. The van der Waals surface area contributed by atoms with Gasteiger partial charge in [-0.1, -0.05) is 6.42 Å². The average Bonchev–Trinajstić information content (AvgIpc) is 3.58. The Balaban J connectivity index is 1.11. The smallest absolute Gasteiger partial charge is 0.256 e. The van der Waals surface area contributed by atoms with Crippen molar-refractivity contribution in [1.29, 1.82) is 0 Å². The molecule has 6 rings (SSSR count). The van der Waals surface area contributed by atoms with Gasteiger partial charge in [-0.2, -0.15) is 0 Å². The maximum atomic E-state index is 13.1. The van der Waals surface area contributed by atoms with Crippen LogP contribution in [-0.2, 0) is 12.8 Å². The lowest BCUT2D eigenvalue weighted by molar-refractivity contribution is 0.0766. The molecule has 4 aliphatic heterocycles. The van der Waals surface area contributed by atoms with Gasteiger partial charge in [0.15, 0.2) is 0 Å². The number of fused-ring (bicyclic) bond motifs is 4. The zero-order chi connectivity index (χ0) is 26.9. The van der Waals surface area contributed by atoms with Crippen LogP contribution in [0.25, 0.3) is 0 Å². The summed E-state index contributed by atoms with van der Waals surface area (Å²) in [4.78, 5) is 39.5. The molecule has 8 nitrogen and oxygen atoms in total. The first-order valence-corrected chi connectivity index (χ1v) is 14.2. The molecule has 2 aromatic carbocycles. The Morgan fingerprint density at radius 2 is 1.18 bits per heavy atom. The lowest BCUT2D eigenvalue weighted by Crippen LogP contribution is -2.35. The van der Waals surface area contributed by atoms with E-state index in [9.17, 15) is 9.59 Å². The third kappa shape index (κ3) is 4.81. The van der Waals surface area contributed by atoms with Gasteiger partial charge in [0.1, 0.15) is 11.5 Å². The van der Waals surface area contributed by atoms with Crippen LogP contribution >= 0.6 is 0 Å². The first-order chi connectivity index (χ1) is 19.1. The Morgan fingerprint density at radius 1 is 0.718 bits per heavy atom. The predicted octanol–water partition coefficient (Wildman–Crippen LogP) is 5.30. The van der Waals surface area contributed by atoms with Gasteiger partial charge in [-0.3, -0.25) is 19.6 Å². The molecule has 4 aliphatic rings. The van der Waals surface area contributed by atoms with Crippen LogP contribution in [0.15, 0.2) is 34.3 Å². The number of aliphatic imine (C=N–C) groups is 2. The van der Waals surface area contributed by atoms with Gasteiger partial charge in [-0.25, -0.2) is 0 Å². The van der Waals surface area contributed by atoms with Crippen LogP contribution in [0.2, 0.25) is 0 Å². The molecule has 0 spiro atoms. The number of hydrogen-bond donors (Lipinski definition) is 0. The van der Waals surface area contributed by atoms with Crippen LogP contribution in [0, 0.1) is 0 Å². The number of benzene rings is 2. The van der Waals surface area contributed by atoms with E-state index >= 15 is 0 Å². The average molecular weight is 529 g/mol. The molecular weight excluding hydrogens is 492 g/mol. The second kappa shape index (κ2) is 10.8. The SMILES string of the molecule is COc1cc2c(cc1CCCCCc1cc3c(cc1OC)C(=O)N1CCC[C@H]1C=N3)N=C[C@@H]1CCCN1C2=O. The molecule has 204 valence electrons. The number of amides is 2. The first-order valence-electron chi connectivity index (χ1n) is 14.2. The molecule has 2 atom stereocenters. The van der Waals surface area contributed by atoms with Crippen molar-refractivity contribution in [2.75, 3.05) is 27.3 Å². The van der Waals surface area contributed by atoms with Crippen molar-refractivity contribution < 1.29 is 19.1 Å². The normalized spacial score (nSPS) is 21.3. The third-order valence-corrected chi connectivity index (χ3v) is 8.54. The summed E-state index contributed by atoms with van der Waals surface area (Å²) in [6.07, 6.45) is 12.6. The summed E-state index contributed by atoms with van der Waals surface area (Å²) in [6.45, 7) is 1.57. The summed E-state index contributed by atoms with van der Waals surface area (Å²) in [5, 5.41) is 0. The lowest BCUT2D eigenvalue weighted by Gasteiger charge is -2.20. The highest BCUT2D eigenvalue weighted by atomic mass is 16.5. The van der Waals surface area contributed by atoms with Crippen LogP contribution in [0.1, 0.15) is 76.8 Å². The summed E-state index contributed by atoms with van der Waals surface area (Å²) in [6, 6.07) is 8.01. The second-order valence-electron chi connectivity index (χ2n) is 10.9. The lowest BCUT2D eigenvalue weighted by atomic mass is 9.99. The molecule has 0 N–H and O–H groups in total. The Bertz CT molecular complexity index is 1250. The van der Waals surface area contributed by atoms with Gasteiger partial charge < -0.3 is 19.3 Å². The maximum absolute atomic E-state index is 13.1. The zero-order valence-corrected chi connectivity index (χ0v) is 22.8. The molecular formula is C31H36N4O4. The van der Waals surface area contributed by atoms with Gasteiger partial charge in [-0.05, 0) is 86.8 Å². The van der Waals surface area contributed by atoms with Gasteiger partial charge >= 0.3 is 0 Å². The quantitative estimate of drug-likeness (QED) is 0.435. The predicted molar refractivity (Wildman–Crippen MR) is 152 cm³/mol. The van der Waals surface area contributed by atoms with Gasteiger partial charge in [0.2, 0.25) is 0 Å². The minimum atomic E-state index is 0.0518. The number of unbranched alkanes of at least 4 members (excludes halogenated alkanes) is 2. The van der Waals surface area contributed by atoms with E-state index in [1.165, 1.54) is 0 Å². The van der Waals surface area contributed by atoms with E-state index in [2.05, 4.69) is 9.98 Å². The number of rotatable bonds is 8. The maximum Gasteiger partial charge on any atom is 0.256 e. The minimum absolute atomic E-state index is 0.0518. The van der Waals surface area contributed by atoms with E-state index in [1.807, 2.05) is 46.5 Å². The van der Waals surface area contributed by atoms with Crippen LogP contribution in [0.4, 0.5) is 11.4 Å². The number of carbonyl (C=O) groups is 2. The Labute approximate surface area is 229 Å². The monoisotopic (exact) mass is 528 g/mol. The van der Waals surface area contributed by atoms with E-state index in [-0.39, 0.29) is 23.9 Å². The van der Waals surface area contributed by atoms with Crippen LogP contribution in [-0.4, -0.2) is 73.4 Å². The highest BCUT2D eigenvalue weighted by Crippen LogP contribution is 2.36. The van der Waals surface area contributed by atoms with E-state index in [4.69, 9.17) is 9.47 Å². The number of aryl methyl sites for hydroxylation is 2. The molecule has 39 heavy (non-hydrogen) atoms. The zero-order valence-electron chi connectivity index (χ0n) is 22.8. The largest absolute Gasteiger partial charge is 0.496 e. The Morgan fingerprint density at radius 3 is 1.62 bits per heavy atom. The molecule has 0 bridgehead atoms. The van der Waals surface area contributed by atoms with E-state index in [0.29, 0.717) is 11.1 Å². The van der Waals surface area contributed by atoms with Crippen molar-refractivity contribution in [2.24, 2.45) is 9.98 Å². The second-order valence-corrected chi connectivity index (χ2v) is 10.9. The van der Waals surface area contributed by atoms with Gasteiger partial charge in [-0.15, -0.1) is 0 Å². The van der Waals surface area contributed by atoms with Crippen molar-refractivity contribution in [2.45, 2.75) is 69.9 Å². The molecule has 2 aromatic rings. The summed E-state index contributed by atoms with van der Waals surface area (Å²) in [5.74, 6) is 1.61. The molecule has 0 aromatic heterocycles. The number of methoxy groups -OCH3 is 2. The summed E-state index contributed by atoms with van der Waals surface area (Å²) in [7, 11) is 3.33. The third-order valence-electron chi connectivity index (χ3n) is 8.54. The highest BCUT2D eigenvalue weighted by Gasteiger charge is 2.33. The standard InChI is InChI=1S/C31H36N4O4/c1-38-28-16-24-26(32-18-22-10-6-12-34(22)30(24)36)14-20(28)8-4-3-5-9-21-15-27-25(17-29(21)39-2)31(37)35-13-7-11-23(35)19-33-27/h14-19,22-23H,3-13H2,1-2H3/t22-,23-/m0/s1. The van der Waals surface area contributed by atoms with Crippen molar-refractivity contribution in [3.8, 4) is 11.5 Å². The molecule has 2 amide bonds. The molecule has 0 saturated carbocycles. The van der Waals surface area contributed by atoms with Crippen LogP contribution in [0.3, 0.4) is 0 Å². The minimum Gasteiger partial charge on any atom is -0.496 e. The van der Waals surface area contributed by atoms with Crippen molar-refractivity contribution in [1.82, 2.24) is 9.80 Å². The van der Waals surface area contributed by atoms with Crippen LogP contribution < -0.4 is 9.47 Å². The molecule has 0 radical (unpaired) electrons. The first kappa shape index (κ1) is 25.6. The number of ether oxygens (including phenoxy) is 2. The fourth-order valence-electron chi connectivity index (χ4n) is 6.40. The molecule has 0 aliphatic carbocycles. The van der Waals surface area contributed by atoms with E-state index in [1.54, 1.807) is 14.2 Å².